The summed E-state index contributed by atoms with van der Waals surface area (Å²) in [5.74, 6) is 1.81. The predicted octanol–water partition coefficient (Wildman–Crippen LogP) is 1.04. The molecule has 18 heavy (non-hydrogen) atoms. The quantitative estimate of drug-likeness (QED) is 0.743. The Balaban J connectivity index is 3.04. The third kappa shape index (κ3) is 3.09. The molecule has 1 atom stereocenters. The van der Waals surface area contributed by atoms with Crippen LogP contribution in [0.3, 0.4) is 0 Å². The maximum Gasteiger partial charge on any atom is 0.241 e. The second-order valence-corrected chi connectivity index (χ2v) is 4.58. The minimum atomic E-state index is -0.372. The standard InChI is InChI=1S/C12H21N5O/c1-6(2)10-16-9(13)7(3)11(17-10)15-8(4)12(18)14-5/h6,8H,1-5H3,(H,14,18)(H3,13,15,16,17). The molecule has 0 aliphatic rings. The highest BCUT2D eigenvalue weighted by Crippen LogP contribution is 2.21. The molecule has 0 aliphatic carbocycles. The molecule has 0 spiro atoms. The van der Waals surface area contributed by atoms with Gasteiger partial charge in [-0.25, -0.2) is 9.97 Å². The van der Waals surface area contributed by atoms with Gasteiger partial charge in [-0.1, -0.05) is 13.8 Å². The molecule has 0 saturated carbocycles. The van der Waals surface area contributed by atoms with Crippen LogP contribution in [0.5, 0.6) is 0 Å². The van der Waals surface area contributed by atoms with Gasteiger partial charge >= 0.3 is 0 Å². The van der Waals surface area contributed by atoms with Gasteiger partial charge in [-0.2, -0.15) is 0 Å². The van der Waals surface area contributed by atoms with Crippen LogP contribution in [0, 0.1) is 6.92 Å². The molecule has 1 heterocycles. The van der Waals surface area contributed by atoms with Crippen molar-refractivity contribution in [2.75, 3.05) is 18.1 Å². The Labute approximate surface area is 107 Å². The predicted molar refractivity (Wildman–Crippen MR) is 72.4 cm³/mol. The average Bonchev–Trinajstić information content (AvgIpc) is 2.33. The first kappa shape index (κ1) is 14.2. The van der Waals surface area contributed by atoms with E-state index in [1.54, 1.807) is 14.0 Å². The van der Waals surface area contributed by atoms with E-state index < -0.39 is 0 Å². The Morgan fingerprint density at radius 3 is 2.39 bits per heavy atom. The van der Waals surface area contributed by atoms with Crippen molar-refractivity contribution in [2.45, 2.75) is 39.7 Å². The largest absolute Gasteiger partial charge is 0.383 e. The smallest absolute Gasteiger partial charge is 0.241 e. The maximum atomic E-state index is 11.5. The molecule has 0 radical (unpaired) electrons. The van der Waals surface area contributed by atoms with E-state index >= 15 is 0 Å². The van der Waals surface area contributed by atoms with E-state index in [1.165, 1.54) is 0 Å². The van der Waals surface area contributed by atoms with Crippen LogP contribution in [0.4, 0.5) is 11.6 Å². The van der Waals surface area contributed by atoms with Crippen LogP contribution in [-0.2, 0) is 4.79 Å². The monoisotopic (exact) mass is 251 g/mol. The summed E-state index contributed by atoms with van der Waals surface area (Å²) in [6.07, 6.45) is 0. The lowest BCUT2D eigenvalue weighted by Gasteiger charge is -2.17. The Bertz CT molecular complexity index is 444. The number of amides is 1. The number of nitrogens with one attached hydrogen (secondary N) is 2. The van der Waals surface area contributed by atoms with E-state index in [0.29, 0.717) is 17.5 Å². The van der Waals surface area contributed by atoms with E-state index in [2.05, 4.69) is 20.6 Å². The summed E-state index contributed by atoms with van der Waals surface area (Å²) in [7, 11) is 1.60. The van der Waals surface area contributed by atoms with Gasteiger partial charge in [0.1, 0.15) is 23.5 Å². The van der Waals surface area contributed by atoms with Gasteiger partial charge < -0.3 is 16.4 Å². The van der Waals surface area contributed by atoms with Crippen molar-refractivity contribution >= 4 is 17.5 Å². The Kier molecular flexibility index (Phi) is 4.47. The molecule has 1 rings (SSSR count). The molecule has 1 aromatic heterocycles. The van der Waals surface area contributed by atoms with Gasteiger partial charge in [0.2, 0.25) is 5.91 Å². The van der Waals surface area contributed by atoms with Gasteiger partial charge in [-0.15, -0.1) is 0 Å². The number of nitrogens with two attached hydrogens (primary N) is 1. The zero-order chi connectivity index (χ0) is 13.9. The summed E-state index contributed by atoms with van der Waals surface area (Å²) in [6.45, 7) is 7.59. The molecule has 1 amide bonds. The van der Waals surface area contributed by atoms with Crippen LogP contribution in [0.15, 0.2) is 0 Å². The minimum absolute atomic E-state index is 0.0994. The molecule has 0 aliphatic heterocycles. The number of rotatable bonds is 4. The lowest BCUT2D eigenvalue weighted by molar-refractivity contribution is -0.121. The number of aromatic nitrogens is 2. The van der Waals surface area contributed by atoms with Crippen molar-refractivity contribution in [3.05, 3.63) is 11.4 Å². The minimum Gasteiger partial charge on any atom is -0.383 e. The normalized spacial score (nSPS) is 12.3. The second-order valence-electron chi connectivity index (χ2n) is 4.58. The molecule has 6 nitrogen and oxygen atoms in total. The Morgan fingerprint density at radius 1 is 1.28 bits per heavy atom. The summed E-state index contributed by atoms with van der Waals surface area (Å²) in [4.78, 5) is 20.1. The van der Waals surface area contributed by atoms with Crippen LogP contribution in [0.1, 0.15) is 38.1 Å². The van der Waals surface area contributed by atoms with Gasteiger partial charge in [-0.05, 0) is 13.8 Å². The summed E-state index contributed by atoms with van der Waals surface area (Å²) in [5.41, 5.74) is 6.61. The Hall–Kier alpha value is -1.85. The highest BCUT2D eigenvalue weighted by Gasteiger charge is 2.16. The summed E-state index contributed by atoms with van der Waals surface area (Å²) >= 11 is 0. The number of hydrogen-bond donors (Lipinski definition) is 3. The van der Waals surface area contributed by atoms with E-state index in [0.717, 1.165) is 5.56 Å². The summed E-state index contributed by atoms with van der Waals surface area (Å²) in [6, 6.07) is -0.372. The molecular formula is C12H21N5O. The topological polar surface area (TPSA) is 92.9 Å². The van der Waals surface area contributed by atoms with Crippen molar-refractivity contribution in [1.82, 2.24) is 15.3 Å². The van der Waals surface area contributed by atoms with E-state index in [1.807, 2.05) is 20.8 Å². The lowest BCUT2D eigenvalue weighted by atomic mass is 10.2. The van der Waals surface area contributed by atoms with Crippen molar-refractivity contribution < 1.29 is 4.79 Å². The van der Waals surface area contributed by atoms with Gasteiger partial charge in [-0.3, -0.25) is 4.79 Å². The third-order valence-corrected chi connectivity index (χ3v) is 2.71. The molecule has 0 saturated heterocycles. The molecule has 1 unspecified atom stereocenters. The summed E-state index contributed by atoms with van der Waals surface area (Å²) in [5, 5.41) is 5.63. The van der Waals surface area contributed by atoms with Crippen molar-refractivity contribution in [1.29, 1.82) is 0 Å². The fraction of sp³-hybridized carbons (Fsp3) is 0.583. The molecule has 1 aromatic rings. The third-order valence-electron chi connectivity index (χ3n) is 2.71. The van der Waals surface area contributed by atoms with Crippen molar-refractivity contribution in [3.8, 4) is 0 Å². The van der Waals surface area contributed by atoms with Crippen LogP contribution in [0.25, 0.3) is 0 Å². The lowest BCUT2D eigenvalue weighted by Crippen LogP contribution is -2.35. The molecule has 4 N–H and O–H groups in total. The number of carbonyl (C=O) groups is 1. The van der Waals surface area contributed by atoms with Gasteiger partial charge in [0.15, 0.2) is 0 Å². The van der Waals surface area contributed by atoms with E-state index in [4.69, 9.17) is 5.73 Å². The molecule has 0 aromatic carbocycles. The fourth-order valence-electron chi connectivity index (χ4n) is 1.44. The fourth-order valence-corrected chi connectivity index (χ4v) is 1.44. The first-order chi connectivity index (χ1) is 8.36. The van der Waals surface area contributed by atoms with Crippen LogP contribution in [0.2, 0.25) is 0 Å². The Morgan fingerprint density at radius 2 is 1.89 bits per heavy atom. The van der Waals surface area contributed by atoms with Crippen LogP contribution < -0.4 is 16.4 Å². The number of nitrogens with zero attached hydrogens (tertiary/aromatic N) is 2. The second kappa shape index (κ2) is 5.66. The summed E-state index contributed by atoms with van der Waals surface area (Å²) < 4.78 is 0. The van der Waals surface area contributed by atoms with Gasteiger partial charge in [0, 0.05) is 18.5 Å². The zero-order valence-electron chi connectivity index (χ0n) is 11.5. The maximum absolute atomic E-state index is 11.5. The molecular weight excluding hydrogens is 230 g/mol. The van der Waals surface area contributed by atoms with Crippen LogP contribution >= 0.6 is 0 Å². The number of likely N-dealkylation sites (N-methyl/N-ethyl adjacent to an activating group) is 1. The number of hydrogen-bond acceptors (Lipinski definition) is 5. The highest BCUT2D eigenvalue weighted by atomic mass is 16.2. The number of nitrogen functional groups attached to an aromatic ring is 1. The van der Waals surface area contributed by atoms with E-state index in [9.17, 15) is 4.79 Å². The van der Waals surface area contributed by atoms with Gasteiger partial charge in [0.05, 0.1) is 0 Å². The van der Waals surface area contributed by atoms with Crippen molar-refractivity contribution in [3.63, 3.8) is 0 Å². The van der Waals surface area contributed by atoms with Gasteiger partial charge in [0.25, 0.3) is 0 Å². The zero-order valence-corrected chi connectivity index (χ0v) is 11.5. The first-order valence-electron chi connectivity index (χ1n) is 5.99. The molecule has 6 heteroatoms. The molecule has 0 bridgehead atoms. The highest BCUT2D eigenvalue weighted by molar-refractivity contribution is 5.83. The van der Waals surface area contributed by atoms with E-state index in [-0.39, 0.29) is 17.9 Å². The van der Waals surface area contributed by atoms with Crippen LogP contribution in [-0.4, -0.2) is 29.0 Å². The SMILES string of the molecule is CNC(=O)C(C)Nc1nc(C(C)C)nc(N)c1C. The first-order valence-corrected chi connectivity index (χ1v) is 5.99. The average molecular weight is 251 g/mol. The number of anilines is 2. The van der Waals surface area contributed by atoms with Crippen molar-refractivity contribution in [2.24, 2.45) is 0 Å². The molecule has 0 fully saturated rings. The number of carbonyl (C=O) groups excluding carboxylic acids is 1. The molecule has 100 valence electrons.